The standard InChI is InChI=1S/C19H22N4O4/c1-11-7-12(2)21-19(20-11)22-18(25)13-8-17(24)23(10-13)15-6-5-14(26-3)9-16(15)27-4/h5-7,9,13H,8,10H2,1-4H3,(H,20,21,22,25)/t13-/m1/s1. The Bertz CT molecular complexity index is 864. The van der Waals surface area contributed by atoms with Gasteiger partial charge >= 0.3 is 0 Å². The molecule has 1 aliphatic rings. The van der Waals surface area contributed by atoms with E-state index in [0.717, 1.165) is 11.4 Å². The molecule has 0 unspecified atom stereocenters. The summed E-state index contributed by atoms with van der Waals surface area (Å²) in [6, 6.07) is 7.04. The Morgan fingerprint density at radius 3 is 2.48 bits per heavy atom. The fourth-order valence-electron chi connectivity index (χ4n) is 3.12. The Kier molecular flexibility index (Phi) is 5.25. The quantitative estimate of drug-likeness (QED) is 0.866. The third kappa shape index (κ3) is 3.99. The van der Waals surface area contributed by atoms with Crippen molar-refractivity contribution < 1.29 is 19.1 Å². The molecule has 0 aliphatic carbocycles. The van der Waals surface area contributed by atoms with Crippen molar-refractivity contribution in [3.63, 3.8) is 0 Å². The molecule has 142 valence electrons. The molecule has 1 fully saturated rings. The molecule has 2 amide bonds. The van der Waals surface area contributed by atoms with Gasteiger partial charge in [-0.1, -0.05) is 0 Å². The van der Waals surface area contributed by atoms with Gasteiger partial charge in [-0.05, 0) is 32.0 Å². The van der Waals surface area contributed by atoms with Crippen LogP contribution in [0.2, 0.25) is 0 Å². The van der Waals surface area contributed by atoms with E-state index in [9.17, 15) is 9.59 Å². The van der Waals surface area contributed by atoms with E-state index >= 15 is 0 Å². The minimum Gasteiger partial charge on any atom is -0.497 e. The highest BCUT2D eigenvalue weighted by Gasteiger charge is 2.36. The van der Waals surface area contributed by atoms with Crippen LogP contribution in [-0.2, 0) is 9.59 Å². The van der Waals surface area contributed by atoms with Gasteiger partial charge in [0.05, 0.1) is 25.8 Å². The van der Waals surface area contributed by atoms with Crippen molar-refractivity contribution in [1.82, 2.24) is 9.97 Å². The van der Waals surface area contributed by atoms with Crippen LogP contribution in [0.25, 0.3) is 0 Å². The van der Waals surface area contributed by atoms with Gasteiger partial charge in [0.2, 0.25) is 17.8 Å². The summed E-state index contributed by atoms with van der Waals surface area (Å²) in [7, 11) is 3.09. The number of carbonyl (C=O) groups is 2. The van der Waals surface area contributed by atoms with E-state index in [1.54, 1.807) is 30.2 Å². The smallest absolute Gasteiger partial charge is 0.232 e. The summed E-state index contributed by atoms with van der Waals surface area (Å²) >= 11 is 0. The minimum absolute atomic E-state index is 0.117. The first-order valence-corrected chi connectivity index (χ1v) is 8.56. The van der Waals surface area contributed by atoms with Crippen molar-refractivity contribution in [2.24, 2.45) is 5.92 Å². The number of amides is 2. The molecular formula is C19H22N4O4. The van der Waals surface area contributed by atoms with E-state index in [0.29, 0.717) is 17.2 Å². The summed E-state index contributed by atoms with van der Waals surface area (Å²) in [6.07, 6.45) is 0.117. The van der Waals surface area contributed by atoms with E-state index < -0.39 is 5.92 Å². The lowest BCUT2D eigenvalue weighted by Crippen LogP contribution is -2.29. The minimum atomic E-state index is -0.492. The molecule has 1 atom stereocenters. The fourth-order valence-corrected chi connectivity index (χ4v) is 3.12. The molecule has 0 radical (unpaired) electrons. The van der Waals surface area contributed by atoms with E-state index in [2.05, 4.69) is 15.3 Å². The van der Waals surface area contributed by atoms with E-state index in [4.69, 9.17) is 9.47 Å². The number of ether oxygens (including phenoxy) is 2. The average molecular weight is 370 g/mol. The first kappa shape index (κ1) is 18.6. The molecule has 1 N–H and O–H groups in total. The Hall–Kier alpha value is -3.16. The fraction of sp³-hybridized carbons (Fsp3) is 0.368. The zero-order valence-corrected chi connectivity index (χ0v) is 15.8. The number of hydrogen-bond donors (Lipinski definition) is 1. The summed E-state index contributed by atoms with van der Waals surface area (Å²) in [5.41, 5.74) is 2.15. The second-order valence-corrected chi connectivity index (χ2v) is 6.41. The number of benzene rings is 1. The van der Waals surface area contributed by atoms with Gasteiger partial charge in [0.1, 0.15) is 11.5 Å². The SMILES string of the molecule is COc1ccc(N2C[C@H](C(=O)Nc3nc(C)cc(C)n3)CC2=O)c(OC)c1. The first-order chi connectivity index (χ1) is 12.9. The maximum absolute atomic E-state index is 12.6. The van der Waals surface area contributed by atoms with Crippen LogP contribution in [0.3, 0.4) is 0 Å². The molecular weight excluding hydrogens is 348 g/mol. The lowest BCUT2D eigenvalue weighted by atomic mass is 10.1. The predicted molar refractivity (Wildman–Crippen MR) is 100 cm³/mol. The van der Waals surface area contributed by atoms with Crippen molar-refractivity contribution in [2.45, 2.75) is 20.3 Å². The van der Waals surface area contributed by atoms with Gasteiger partial charge in [0, 0.05) is 30.4 Å². The number of rotatable bonds is 5. The van der Waals surface area contributed by atoms with Gasteiger partial charge in [0.15, 0.2) is 0 Å². The third-order valence-electron chi connectivity index (χ3n) is 4.39. The molecule has 1 aliphatic heterocycles. The number of hydrogen-bond acceptors (Lipinski definition) is 6. The summed E-state index contributed by atoms with van der Waals surface area (Å²) < 4.78 is 10.6. The molecule has 0 bridgehead atoms. The zero-order chi connectivity index (χ0) is 19.6. The summed E-state index contributed by atoms with van der Waals surface area (Å²) in [5.74, 6) is 0.493. The maximum Gasteiger partial charge on any atom is 0.232 e. The molecule has 0 saturated carbocycles. The number of methoxy groups -OCH3 is 2. The lowest BCUT2D eigenvalue weighted by Gasteiger charge is -2.20. The lowest BCUT2D eigenvalue weighted by molar-refractivity contribution is -0.122. The topological polar surface area (TPSA) is 93.6 Å². The predicted octanol–water partition coefficient (Wildman–Crippen LogP) is 2.10. The highest BCUT2D eigenvalue weighted by atomic mass is 16.5. The van der Waals surface area contributed by atoms with E-state index in [1.165, 1.54) is 7.11 Å². The first-order valence-electron chi connectivity index (χ1n) is 8.56. The summed E-state index contributed by atoms with van der Waals surface area (Å²) in [5, 5.41) is 2.71. The van der Waals surface area contributed by atoms with Crippen LogP contribution >= 0.6 is 0 Å². The van der Waals surface area contributed by atoms with Crippen LogP contribution < -0.4 is 19.7 Å². The van der Waals surface area contributed by atoms with Crippen LogP contribution in [0.1, 0.15) is 17.8 Å². The molecule has 8 heteroatoms. The van der Waals surface area contributed by atoms with E-state index in [-0.39, 0.29) is 30.7 Å². The second-order valence-electron chi connectivity index (χ2n) is 6.41. The Morgan fingerprint density at radius 2 is 1.85 bits per heavy atom. The van der Waals surface area contributed by atoms with Crippen LogP contribution in [0.4, 0.5) is 11.6 Å². The van der Waals surface area contributed by atoms with Crippen LogP contribution in [0, 0.1) is 19.8 Å². The molecule has 1 aromatic carbocycles. The monoisotopic (exact) mass is 370 g/mol. The summed E-state index contributed by atoms with van der Waals surface area (Å²) in [4.78, 5) is 35.1. The molecule has 3 rings (SSSR count). The van der Waals surface area contributed by atoms with Gasteiger partial charge in [0.25, 0.3) is 0 Å². The number of nitrogens with zero attached hydrogens (tertiary/aromatic N) is 3. The molecule has 0 spiro atoms. The Morgan fingerprint density at radius 1 is 1.15 bits per heavy atom. The van der Waals surface area contributed by atoms with Gasteiger partial charge in [-0.15, -0.1) is 0 Å². The van der Waals surface area contributed by atoms with Crippen molar-refractivity contribution in [3.8, 4) is 11.5 Å². The van der Waals surface area contributed by atoms with Gasteiger partial charge in [-0.2, -0.15) is 0 Å². The van der Waals surface area contributed by atoms with Crippen LogP contribution in [0.15, 0.2) is 24.3 Å². The zero-order valence-electron chi connectivity index (χ0n) is 15.8. The van der Waals surface area contributed by atoms with Crippen molar-refractivity contribution in [1.29, 1.82) is 0 Å². The van der Waals surface area contributed by atoms with Crippen LogP contribution in [0.5, 0.6) is 11.5 Å². The molecule has 2 heterocycles. The Labute approximate surface area is 157 Å². The number of aryl methyl sites for hydroxylation is 2. The van der Waals surface area contributed by atoms with Crippen molar-refractivity contribution in [2.75, 3.05) is 31.0 Å². The van der Waals surface area contributed by atoms with Crippen molar-refractivity contribution in [3.05, 3.63) is 35.7 Å². The van der Waals surface area contributed by atoms with Crippen molar-refractivity contribution >= 4 is 23.5 Å². The largest absolute Gasteiger partial charge is 0.497 e. The van der Waals surface area contributed by atoms with Gasteiger partial charge in [-0.3, -0.25) is 14.9 Å². The van der Waals surface area contributed by atoms with Gasteiger partial charge in [-0.25, -0.2) is 9.97 Å². The number of carbonyl (C=O) groups excluding carboxylic acids is 2. The number of anilines is 2. The molecule has 27 heavy (non-hydrogen) atoms. The van der Waals surface area contributed by atoms with E-state index in [1.807, 2.05) is 19.9 Å². The molecule has 1 saturated heterocycles. The maximum atomic E-state index is 12.6. The molecule has 8 nitrogen and oxygen atoms in total. The highest BCUT2D eigenvalue weighted by molar-refractivity contribution is 6.03. The Balaban J connectivity index is 1.76. The normalized spacial score (nSPS) is 16.4. The highest BCUT2D eigenvalue weighted by Crippen LogP contribution is 2.35. The average Bonchev–Trinajstić information content (AvgIpc) is 3.02. The van der Waals surface area contributed by atoms with Gasteiger partial charge < -0.3 is 14.4 Å². The molecule has 2 aromatic rings. The number of nitrogens with one attached hydrogen (secondary N) is 1. The molecule has 1 aromatic heterocycles. The van der Waals surface area contributed by atoms with Crippen LogP contribution in [-0.4, -0.2) is 42.5 Å². The summed E-state index contributed by atoms with van der Waals surface area (Å²) in [6.45, 7) is 3.93. The number of aromatic nitrogens is 2. The second kappa shape index (κ2) is 7.61. The third-order valence-corrected chi connectivity index (χ3v) is 4.39.